The Kier molecular flexibility index (Phi) is 5.09. The average molecular weight is 426 g/mol. The van der Waals surface area contributed by atoms with E-state index in [1.165, 1.54) is 12.1 Å². The maximum atomic E-state index is 12.8. The van der Waals surface area contributed by atoms with Crippen LogP contribution in [0.15, 0.2) is 51.8 Å². The maximum absolute atomic E-state index is 12.8. The summed E-state index contributed by atoms with van der Waals surface area (Å²) in [5, 5.41) is 0. The van der Waals surface area contributed by atoms with Crippen molar-refractivity contribution in [2.24, 2.45) is 0 Å². The minimum absolute atomic E-state index is 0.155. The molecule has 0 fully saturated rings. The number of benzene rings is 2. The molecule has 5 nitrogen and oxygen atoms in total. The molecular weight excluding hydrogens is 406 g/mol. The van der Waals surface area contributed by atoms with Gasteiger partial charge in [-0.25, -0.2) is 13.1 Å². The van der Waals surface area contributed by atoms with Crippen LogP contribution in [0.4, 0.5) is 0 Å². The van der Waals surface area contributed by atoms with Gasteiger partial charge in [0, 0.05) is 17.0 Å². The molecule has 0 spiro atoms. The Labute approximate surface area is 156 Å². The molecule has 7 heteroatoms. The fourth-order valence-electron chi connectivity index (χ4n) is 2.63. The quantitative estimate of drug-likeness (QED) is 0.808. The molecule has 0 aliphatic carbocycles. The lowest BCUT2D eigenvalue weighted by Crippen LogP contribution is -2.40. The smallest absolute Gasteiger partial charge is 0.241 e. The Balaban J connectivity index is 1.88. The first-order valence-electron chi connectivity index (χ1n) is 7.98. The zero-order valence-electron chi connectivity index (χ0n) is 14.1. The van der Waals surface area contributed by atoms with Crippen LogP contribution in [0.5, 0.6) is 11.5 Å². The van der Waals surface area contributed by atoms with E-state index in [2.05, 4.69) is 20.7 Å². The van der Waals surface area contributed by atoms with Gasteiger partial charge in [-0.2, -0.15) is 0 Å². The van der Waals surface area contributed by atoms with Crippen molar-refractivity contribution in [3.05, 3.63) is 52.5 Å². The summed E-state index contributed by atoms with van der Waals surface area (Å²) >= 11 is 3.39. The van der Waals surface area contributed by atoms with Crippen molar-refractivity contribution >= 4 is 26.0 Å². The van der Waals surface area contributed by atoms with Gasteiger partial charge in [0.15, 0.2) is 11.5 Å². The van der Waals surface area contributed by atoms with Crippen LogP contribution < -0.4 is 14.2 Å². The van der Waals surface area contributed by atoms with E-state index in [1.807, 2.05) is 38.1 Å². The fourth-order valence-corrected chi connectivity index (χ4v) is 4.31. The third-order valence-corrected chi connectivity index (χ3v) is 6.17. The van der Waals surface area contributed by atoms with Crippen molar-refractivity contribution in [2.75, 3.05) is 13.2 Å². The van der Waals surface area contributed by atoms with Gasteiger partial charge in [-0.15, -0.1) is 0 Å². The second-order valence-corrected chi connectivity index (χ2v) is 8.99. The molecule has 0 saturated heterocycles. The highest BCUT2D eigenvalue weighted by molar-refractivity contribution is 9.10. The monoisotopic (exact) mass is 425 g/mol. The highest BCUT2D eigenvalue weighted by Crippen LogP contribution is 2.33. The molecule has 1 aliphatic heterocycles. The van der Waals surface area contributed by atoms with Gasteiger partial charge >= 0.3 is 0 Å². The van der Waals surface area contributed by atoms with Gasteiger partial charge < -0.3 is 9.47 Å². The number of hydrogen-bond acceptors (Lipinski definition) is 4. The molecule has 2 aromatic carbocycles. The first-order chi connectivity index (χ1) is 11.8. The van der Waals surface area contributed by atoms with E-state index >= 15 is 0 Å². The summed E-state index contributed by atoms with van der Waals surface area (Å²) in [7, 11) is -3.72. The summed E-state index contributed by atoms with van der Waals surface area (Å²) in [6.07, 6.45) is 0.769. The van der Waals surface area contributed by atoms with Crippen molar-refractivity contribution in [2.45, 2.75) is 30.7 Å². The molecule has 0 saturated carbocycles. The number of fused-ring (bicyclic) bond motifs is 1. The van der Waals surface area contributed by atoms with Gasteiger partial charge in [0.1, 0.15) is 0 Å². The van der Waals surface area contributed by atoms with Gasteiger partial charge in [-0.1, -0.05) is 28.1 Å². The van der Waals surface area contributed by atoms with Gasteiger partial charge in [0.2, 0.25) is 10.0 Å². The SMILES string of the molecule is CC(C)(NS(=O)(=O)c1ccc2c(c1)OCCCO2)c1ccc(Br)cc1. The highest BCUT2D eigenvalue weighted by atomic mass is 79.9. The zero-order chi connectivity index (χ0) is 18.1. The van der Waals surface area contributed by atoms with Crippen LogP contribution in [0, 0.1) is 0 Å². The Morgan fingerprint density at radius 3 is 2.32 bits per heavy atom. The molecular formula is C18H20BrNO4S. The number of hydrogen-bond donors (Lipinski definition) is 1. The van der Waals surface area contributed by atoms with Crippen LogP contribution >= 0.6 is 15.9 Å². The lowest BCUT2D eigenvalue weighted by molar-refractivity contribution is 0.297. The predicted molar refractivity (Wildman–Crippen MR) is 99.5 cm³/mol. The molecule has 1 N–H and O–H groups in total. The molecule has 0 aromatic heterocycles. The maximum Gasteiger partial charge on any atom is 0.241 e. The predicted octanol–water partition coefficient (Wildman–Crippen LogP) is 3.82. The van der Waals surface area contributed by atoms with Gasteiger partial charge in [-0.05, 0) is 43.7 Å². The number of nitrogens with one attached hydrogen (secondary N) is 1. The first kappa shape index (κ1) is 18.2. The van der Waals surface area contributed by atoms with Crippen LogP contribution in [-0.4, -0.2) is 21.6 Å². The molecule has 1 heterocycles. The van der Waals surface area contributed by atoms with Crippen LogP contribution in [0.3, 0.4) is 0 Å². The molecule has 25 heavy (non-hydrogen) atoms. The number of sulfonamides is 1. The first-order valence-corrected chi connectivity index (χ1v) is 10.3. The van der Waals surface area contributed by atoms with E-state index in [9.17, 15) is 8.42 Å². The minimum Gasteiger partial charge on any atom is -0.490 e. The zero-order valence-corrected chi connectivity index (χ0v) is 16.5. The van der Waals surface area contributed by atoms with E-state index in [-0.39, 0.29) is 4.90 Å². The molecule has 0 radical (unpaired) electrons. The summed E-state index contributed by atoms with van der Waals surface area (Å²) in [5.41, 5.74) is 0.109. The van der Waals surface area contributed by atoms with Crippen LogP contribution in [0.2, 0.25) is 0 Å². The molecule has 0 amide bonds. The Morgan fingerprint density at radius 2 is 1.64 bits per heavy atom. The van der Waals surface area contributed by atoms with E-state index in [0.29, 0.717) is 24.7 Å². The minimum atomic E-state index is -3.72. The average Bonchev–Trinajstić information content (AvgIpc) is 2.79. The molecule has 2 aromatic rings. The van der Waals surface area contributed by atoms with Crippen LogP contribution in [-0.2, 0) is 15.6 Å². The number of rotatable bonds is 4. The Bertz CT molecular complexity index is 863. The third-order valence-electron chi connectivity index (χ3n) is 3.98. The molecule has 0 bridgehead atoms. The van der Waals surface area contributed by atoms with E-state index in [4.69, 9.17) is 9.47 Å². The summed E-state index contributed by atoms with van der Waals surface area (Å²) < 4.78 is 40.5. The standard InChI is InChI=1S/C18H20BrNO4S/c1-18(2,13-4-6-14(19)7-5-13)20-25(21,22)15-8-9-16-17(12-15)24-11-3-10-23-16/h4-9,12,20H,3,10-11H2,1-2H3. The topological polar surface area (TPSA) is 64.6 Å². The lowest BCUT2D eigenvalue weighted by atomic mass is 9.96. The summed E-state index contributed by atoms with van der Waals surface area (Å²) in [6, 6.07) is 12.2. The normalized spacial score (nSPS) is 14.8. The lowest BCUT2D eigenvalue weighted by Gasteiger charge is -2.27. The Hall–Kier alpha value is -1.57. The van der Waals surface area contributed by atoms with Gasteiger partial charge in [0.25, 0.3) is 0 Å². The van der Waals surface area contributed by atoms with Crippen molar-refractivity contribution in [1.82, 2.24) is 4.72 Å². The van der Waals surface area contributed by atoms with Crippen molar-refractivity contribution in [3.8, 4) is 11.5 Å². The Morgan fingerprint density at radius 1 is 1.00 bits per heavy atom. The fraction of sp³-hybridized carbons (Fsp3) is 0.333. The third kappa shape index (κ3) is 4.16. The number of ether oxygens (including phenoxy) is 2. The summed E-state index contributed by atoms with van der Waals surface area (Å²) in [6.45, 7) is 4.73. The van der Waals surface area contributed by atoms with Crippen LogP contribution in [0.1, 0.15) is 25.8 Å². The van der Waals surface area contributed by atoms with E-state index < -0.39 is 15.6 Å². The van der Waals surface area contributed by atoms with E-state index in [1.54, 1.807) is 6.07 Å². The van der Waals surface area contributed by atoms with Gasteiger partial charge in [0.05, 0.1) is 23.6 Å². The van der Waals surface area contributed by atoms with Gasteiger partial charge in [-0.3, -0.25) is 0 Å². The van der Waals surface area contributed by atoms with Crippen molar-refractivity contribution in [3.63, 3.8) is 0 Å². The summed E-state index contributed by atoms with van der Waals surface area (Å²) in [5.74, 6) is 1.03. The molecule has 0 unspecified atom stereocenters. The van der Waals surface area contributed by atoms with Crippen LogP contribution in [0.25, 0.3) is 0 Å². The highest BCUT2D eigenvalue weighted by Gasteiger charge is 2.28. The number of halogens is 1. The second-order valence-electron chi connectivity index (χ2n) is 6.40. The molecule has 1 aliphatic rings. The largest absolute Gasteiger partial charge is 0.490 e. The van der Waals surface area contributed by atoms with E-state index in [0.717, 1.165) is 16.5 Å². The molecule has 3 rings (SSSR count). The summed E-state index contributed by atoms with van der Waals surface area (Å²) in [4.78, 5) is 0.155. The molecule has 0 atom stereocenters. The van der Waals surface area contributed by atoms with Crippen molar-refractivity contribution < 1.29 is 17.9 Å². The molecule has 134 valence electrons. The van der Waals surface area contributed by atoms with Crippen molar-refractivity contribution in [1.29, 1.82) is 0 Å². The second kappa shape index (κ2) is 6.97.